The van der Waals surface area contributed by atoms with Crippen LogP contribution in [0.5, 0.6) is 0 Å². The molecule has 2 nitrogen and oxygen atoms in total. The molecule has 0 spiro atoms. The molecular weight excluding hydrogens is 251 g/mol. The minimum absolute atomic E-state index is 0.105. The number of hydrogen-bond donors (Lipinski definition) is 1. The average Bonchev–Trinajstić information content (AvgIpc) is 2.42. The van der Waals surface area contributed by atoms with Gasteiger partial charge in [0.05, 0.1) is 5.69 Å². The molecule has 0 radical (unpaired) electrons. The molecule has 112 valence electrons. The van der Waals surface area contributed by atoms with Crippen LogP contribution in [0.25, 0.3) is 0 Å². The summed E-state index contributed by atoms with van der Waals surface area (Å²) in [4.78, 5) is 2.22. The van der Waals surface area contributed by atoms with Crippen molar-refractivity contribution in [2.24, 2.45) is 11.7 Å². The van der Waals surface area contributed by atoms with E-state index < -0.39 is 0 Å². The zero-order valence-corrected chi connectivity index (χ0v) is 12.9. The molecule has 1 aliphatic heterocycles. The zero-order chi connectivity index (χ0) is 14.7. The summed E-state index contributed by atoms with van der Waals surface area (Å²) in [6, 6.07) is 6.15. The number of piperidine rings is 1. The molecule has 1 aromatic carbocycles. The van der Waals surface area contributed by atoms with E-state index in [1.165, 1.54) is 6.42 Å². The van der Waals surface area contributed by atoms with Gasteiger partial charge in [-0.1, -0.05) is 19.9 Å². The van der Waals surface area contributed by atoms with Crippen LogP contribution in [0.3, 0.4) is 0 Å². The highest BCUT2D eigenvalue weighted by Gasteiger charge is 2.26. The van der Waals surface area contributed by atoms with Crippen molar-refractivity contribution in [2.45, 2.75) is 58.5 Å². The van der Waals surface area contributed by atoms with Crippen LogP contribution in [0.15, 0.2) is 18.2 Å². The van der Waals surface area contributed by atoms with Gasteiger partial charge in [0.15, 0.2) is 0 Å². The third-order valence-corrected chi connectivity index (χ3v) is 4.72. The maximum Gasteiger partial charge on any atom is 0.146 e. The molecule has 3 heteroatoms. The van der Waals surface area contributed by atoms with Crippen LogP contribution < -0.4 is 10.6 Å². The van der Waals surface area contributed by atoms with Gasteiger partial charge in [0.1, 0.15) is 5.82 Å². The Kier molecular flexibility index (Phi) is 5.03. The van der Waals surface area contributed by atoms with E-state index in [0.717, 1.165) is 37.1 Å². The number of nitrogens with two attached hydrogens (primary N) is 1. The Hall–Kier alpha value is -1.09. The van der Waals surface area contributed by atoms with E-state index in [4.69, 9.17) is 5.73 Å². The lowest BCUT2D eigenvalue weighted by Crippen LogP contribution is -2.42. The lowest BCUT2D eigenvalue weighted by Gasteiger charge is -2.39. The van der Waals surface area contributed by atoms with E-state index in [2.05, 4.69) is 25.7 Å². The van der Waals surface area contributed by atoms with Gasteiger partial charge in [0, 0.05) is 18.6 Å². The Morgan fingerprint density at radius 1 is 1.40 bits per heavy atom. The van der Waals surface area contributed by atoms with Gasteiger partial charge in [-0.05, 0) is 56.2 Å². The van der Waals surface area contributed by atoms with E-state index in [-0.39, 0.29) is 11.9 Å². The van der Waals surface area contributed by atoms with E-state index in [0.29, 0.717) is 12.0 Å². The number of nitrogens with zero attached hydrogens (tertiary/aromatic N) is 1. The molecule has 1 heterocycles. The van der Waals surface area contributed by atoms with Gasteiger partial charge in [-0.3, -0.25) is 0 Å². The van der Waals surface area contributed by atoms with Crippen molar-refractivity contribution < 1.29 is 4.39 Å². The number of halogens is 1. The fourth-order valence-corrected chi connectivity index (χ4v) is 3.03. The number of rotatable bonds is 4. The predicted octanol–water partition coefficient (Wildman–Crippen LogP) is 3.73. The van der Waals surface area contributed by atoms with Crippen molar-refractivity contribution in [3.05, 3.63) is 29.6 Å². The van der Waals surface area contributed by atoms with Gasteiger partial charge < -0.3 is 10.6 Å². The predicted molar refractivity (Wildman–Crippen MR) is 83.6 cm³/mol. The lowest BCUT2D eigenvalue weighted by molar-refractivity contribution is 0.360. The summed E-state index contributed by atoms with van der Waals surface area (Å²) in [6.45, 7) is 7.47. The highest BCUT2D eigenvalue weighted by molar-refractivity contribution is 5.50. The van der Waals surface area contributed by atoms with E-state index in [1.54, 1.807) is 6.07 Å². The summed E-state index contributed by atoms with van der Waals surface area (Å²) in [7, 11) is 0. The molecule has 0 aliphatic carbocycles. The maximum absolute atomic E-state index is 14.4. The molecule has 3 atom stereocenters. The Morgan fingerprint density at radius 3 is 2.80 bits per heavy atom. The second-order valence-electron chi connectivity index (χ2n) is 6.21. The standard InChI is InChI=1S/C17H27FN2/c1-4-15(19)10-14-7-8-17(16(18)11-14)20-9-5-6-12(2)13(20)3/h7-8,11-13,15H,4-6,9-10,19H2,1-3H3. The van der Waals surface area contributed by atoms with Gasteiger partial charge in [-0.25, -0.2) is 4.39 Å². The van der Waals surface area contributed by atoms with Crippen molar-refractivity contribution in [1.29, 1.82) is 0 Å². The number of hydrogen-bond acceptors (Lipinski definition) is 2. The molecule has 0 amide bonds. The minimum Gasteiger partial charge on any atom is -0.366 e. The second kappa shape index (κ2) is 6.57. The molecule has 0 aromatic heterocycles. The van der Waals surface area contributed by atoms with Crippen LogP contribution >= 0.6 is 0 Å². The van der Waals surface area contributed by atoms with Gasteiger partial charge in [-0.15, -0.1) is 0 Å². The normalized spacial score (nSPS) is 24.8. The highest BCUT2D eigenvalue weighted by atomic mass is 19.1. The molecule has 0 bridgehead atoms. The monoisotopic (exact) mass is 278 g/mol. The summed E-state index contributed by atoms with van der Waals surface area (Å²) in [5.74, 6) is 0.517. The van der Waals surface area contributed by atoms with E-state index >= 15 is 0 Å². The van der Waals surface area contributed by atoms with Gasteiger partial charge >= 0.3 is 0 Å². The van der Waals surface area contributed by atoms with Gasteiger partial charge in [0.2, 0.25) is 0 Å². The van der Waals surface area contributed by atoms with Gasteiger partial charge in [-0.2, -0.15) is 0 Å². The fourth-order valence-electron chi connectivity index (χ4n) is 3.03. The van der Waals surface area contributed by atoms with Crippen molar-refractivity contribution >= 4 is 5.69 Å². The van der Waals surface area contributed by atoms with E-state index in [9.17, 15) is 4.39 Å². The van der Waals surface area contributed by atoms with Crippen LogP contribution in [-0.4, -0.2) is 18.6 Å². The average molecular weight is 278 g/mol. The molecule has 1 saturated heterocycles. The van der Waals surface area contributed by atoms with E-state index in [1.807, 2.05) is 12.1 Å². The second-order valence-corrected chi connectivity index (χ2v) is 6.21. The maximum atomic E-state index is 14.4. The third-order valence-electron chi connectivity index (χ3n) is 4.72. The molecule has 2 N–H and O–H groups in total. The van der Waals surface area contributed by atoms with Crippen LogP contribution in [0.1, 0.15) is 45.6 Å². The van der Waals surface area contributed by atoms with Crippen molar-refractivity contribution in [3.8, 4) is 0 Å². The Labute approximate surface area is 122 Å². The Morgan fingerprint density at radius 2 is 2.15 bits per heavy atom. The molecule has 1 aliphatic rings. The summed E-state index contributed by atoms with van der Waals surface area (Å²) in [5.41, 5.74) is 7.69. The molecule has 1 aromatic rings. The molecule has 20 heavy (non-hydrogen) atoms. The summed E-state index contributed by atoms with van der Waals surface area (Å²) in [6.07, 6.45) is 4.06. The van der Waals surface area contributed by atoms with Crippen LogP contribution in [0.2, 0.25) is 0 Å². The minimum atomic E-state index is -0.105. The van der Waals surface area contributed by atoms with Crippen LogP contribution in [-0.2, 0) is 6.42 Å². The topological polar surface area (TPSA) is 29.3 Å². The first-order chi connectivity index (χ1) is 9.52. The Bertz CT molecular complexity index is 447. The summed E-state index contributed by atoms with van der Waals surface area (Å²) in [5, 5.41) is 0. The Balaban J connectivity index is 2.16. The quantitative estimate of drug-likeness (QED) is 0.909. The van der Waals surface area contributed by atoms with Crippen molar-refractivity contribution in [2.75, 3.05) is 11.4 Å². The number of anilines is 1. The largest absolute Gasteiger partial charge is 0.366 e. The summed E-state index contributed by atoms with van der Waals surface area (Å²) < 4.78 is 14.4. The van der Waals surface area contributed by atoms with Crippen molar-refractivity contribution in [1.82, 2.24) is 0 Å². The molecule has 1 fully saturated rings. The molecule has 2 rings (SSSR count). The first-order valence-corrected chi connectivity index (χ1v) is 7.83. The van der Waals surface area contributed by atoms with Crippen LogP contribution in [0, 0.1) is 11.7 Å². The fraction of sp³-hybridized carbons (Fsp3) is 0.647. The summed E-state index contributed by atoms with van der Waals surface area (Å²) >= 11 is 0. The lowest BCUT2D eigenvalue weighted by atomic mass is 9.91. The molecular formula is C17H27FN2. The zero-order valence-electron chi connectivity index (χ0n) is 12.9. The van der Waals surface area contributed by atoms with Crippen LogP contribution in [0.4, 0.5) is 10.1 Å². The van der Waals surface area contributed by atoms with Gasteiger partial charge in [0.25, 0.3) is 0 Å². The van der Waals surface area contributed by atoms with Crippen molar-refractivity contribution in [3.63, 3.8) is 0 Å². The molecule has 0 saturated carbocycles. The first-order valence-electron chi connectivity index (χ1n) is 7.83. The molecule has 3 unspecified atom stereocenters. The third kappa shape index (κ3) is 3.32. The smallest absolute Gasteiger partial charge is 0.146 e. The SMILES string of the molecule is CCC(N)Cc1ccc(N2CCCC(C)C2C)c(F)c1. The number of benzene rings is 1. The highest BCUT2D eigenvalue weighted by Crippen LogP contribution is 2.30. The first kappa shape index (κ1) is 15.3.